The van der Waals surface area contributed by atoms with Gasteiger partial charge < -0.3 is 15.0 Å². The molecule has 1 fully saturated rings. The molecule has 1 atom stereocenters. The highest BCUT2D eigenvalue weighted by Crippen LogP contribution is 2.45. The third-order valence-corrected chi connectivity index (χ3v) is 8.72. The molecule has 0 saturated carbocycles. The first-order valence-corrected chi connectivity index (χ1v) is 14.2. The monoisotopic (exact) mass is 594 g/mol. The fraction of sp³-hybridized carbons (Fsp3) is 0.323. The van der Waals surface area contributed by atoms with Crippen molar-refractivity contribution in [2.24, 2.45) is 0 Å². The number of ether oxygens (including phenoxy) is 1. The van der Waals surface area contributed by atoms with Gasteiger partial charge in [-0.15, -0.1) is 0 Å². The van der Waals surface area contributed by atoms with Crippen LogP contribution in [0.2, 0.25) is 10.0 Å². The Morgan fingerprint density at radius 1 is 1.10 bits per heavy atom. The molecular weight excluding hydrogens is 566 g/mol. The molecule has 3 aromatic rings. The first-order valence-electron chi connectivity index (χ1n) is 13.4. The van der Waals surface area contributed by atoms with Gasteiger partial charge in [-0.1, -0.05) is 41.4 Å². The van der Waals surface area contributed by atoms with E-state index in [9.17, 15) is 14.0 Å². The molecule has 1 N–H and O–H groups in total. The van der Waals surface area contributed by atoms with Crippen molar-refractivity contribution >= 4 is 40.9 Å². The number of carbonyl (C=O) groups excluding carboxylic acids is 2. The molecule has 41 heavy (non-hydrogen) atoms. The van der Waals surface area contributed by atoms with Gasteiger partial charge >= 0.3 is 6.09 Å². The number of amides is 2. The van der Waals surface area contributed by atoms with E-state index < -0.39 is 17.6 Å². The van der Waals surface area contributed by atoms with Crippen LogP contribution in [-0.2, 0) is 21.7 Å². The molecule has 2 aliphatic heterocycles. The zero-order chi connectivity index (χ0) is 29.1. The van der Waals surface area contributed by atoms with Crippen molar-refractivity contribution in [2.45, 2.75) is 37.3 Å². The standard InChI is InChI=1S/C31H29Cl2FN4O3/c1-37-28-9-7-23(34)17-25(28)31(41-30(37)40)11-14-38(15-12-31)13-10-24(22-6-8-26(32)27(33)16-22)29(39)36-19-21-4-2-20(18-35)3-5-21/h2-9,16-17,24H,10-15,19H2,1H3,(H,36,39). The van der Waals surface area contributed by atoms with Gasteiger partial charge in [0, 0.05) is 45.1 Å². The van der Waals surface area contributed by atoms with E-state index in [0.717, 1.165) is 11.1 Å². The highest BCUT2D eigenvalue weighted by atomic mass is 35.5. The van der Waals surface area contributed by atoms with Gasteiger partial charge in [-0.3, -0.25) is 9.69 Å². The molecule has 0 aliphatic carbocycles. The molecular formula is C31H29Cl2FN4O3. The minimum absolute atomic E-state index is 0.144. The number of halogens is 3. The van der Waals surface area contributed by atoms with Crippen LogP contribution in [0.5, 0.6) is 0 Å². The van der Waals surface area contributed by atoms with Gasteiger partial charge in [0.05, 0.1) is 33.3 Å². The third-order valence-electron chi connectivity index (χ3n) is 7.98. The Morgan fingerprint density at radius 3 is 2.51 bits per heavy atom. The Bertz CT molecular complexity index is 1500. The molecule has 0 radical (unpaired) electrons. The predicted molar refractivity (Wildman–Crippen MR) is 155 cm³/mol. The lowest BCUT2D eigenvalue weighted by atomic mass is 9.81. The minimum atomic E-state index is -0.876. The van der Waals surface area contributed by atoms with Crippen molar-refractivity contribution in [2.75, 3.05) is 31.6 Å². The van der Waals surface area contributed by atoms with Crippen molar-refractivity contribution in [1.29, 1.82) is 5.26 Å². The lowest BCUT2D eigenvalue weighted by Gasteiger charge is -2.46. The average molecular weight is 596 g/mol. The van der Waals surface area contributed by atoms with E-state index in [1.165, 1.54) is 17.0 Å². The maximum atomic E-state index is 14.2. The molecule has 5 rings (SSSR count). The number of likely N-dealkylation sites (tertiary alicyclic amines) is 1. The van der Waals surface area contributed by atoms with Crippen molar-refractivity contribution < 1.29 is 18.7 Å². The van der Waals surface area contributed by atoms with Gasteiger partial charge in [-0.2, -0.15) is 5.26 Å². The first kappa shape index (κ1) is 28.9. The summed E-state index contributed by atoms with van der Waals surface area (Å²) in [6, 6.07) is 18.8. The summed E-state index contributed by atoms with van der Waals surface area (Å²) in [6.07, 6.45) is 1.12. The Morgan fingerprint density at radius 2 is 1.83 bits per heavy atom. The van der Waals surface area contributed by atoms with E-state index in [4.69, 9.17) is 33.2 Å². The molecule has 0 bridgehead atoms. The van der Waals surface area contributed by atoms with Crippen LogP contribution in [0.15, 0.2) is 60.7 Å². The number of benzene rings is 3. The summed E-state index contributed by atoms with van der Waals surface area (Å²) in [4.78, 5) is 29.7. The Kier molecular flexibility index (Phi) is 8.50. The SMILES string of the molecule is CN1C(=O)OC2(CCN(CCC(C(=O)NCc3ccc(C#N)cc3)c3ccc(Cl)c(Cl)c3)CC2)c2cc(F)ccc21. The molecule has 10 heteroatoms. The number of carbonyl (C=O) groups is 2. The number of piperidine rings is 1. The number of hydrogen-bond acceptors (Lipinski definition) is 5. The second-order valence-corrected chi connectivity index (χ2v) is 11.3. The van der Waals surface area contributed by atoms with Crippen LogP contribution >= 0.6 is 23.2 Å². The Labute approximate surface area is 248 Å². The van der Waals surface area contributed by atoms with Crippen LogP contribution < -0.4 is 10.2 Å². The van der Waals surface area contributed by atoms with Gasteiger partial charge in [0.1, 0.15) is 11.4 Å². The fourth-order valence-electron chi connectivity index (χ4n) is 5.56. The highest BCUT2D eigenvalue weighted by molar-refractivity contribution is 6.42. The van der Waals surface area contributed by atoms with Crippen LogP contribution in [-0.4, -0.2) is 43.6 Å². The van der Waals surface area contributed by atoms with E-state index in [1.807, 2.05) is 18.2 Å². The zero-order valence-electron chi connectivity index (χ0n) is 22.5. The van der Waals surface area contributed by atoms with E-state index in [-0.39, 0.29) is 11.7 Å². The number of nitriles is 1. The second kappa shape index (κ2) is 12.1. The Balaban J connectivity index is 1.27. The molecule has 2 aliphatic rings. The summed E-state index contributed by atoms with van der Waals surface area (Å²) in [5.74, 6) is -0.988. The van der Waals surface area contributed by atoms with Gasteiger partial charge in [0.2, 0.25) is 5.91 Å². The number of nitrogens with zero attached hydrogens (tertiary/aromatic N) is 3. The van der Waals surface area contributed by atoms with Crippen LogP contribution in [0.4, 0.5) is 14.9 Å². The van der Waals surface area contributed by atoms with Gasteiger partial charge in [0.25, 0.3) is 0 Å². The van der Waals surface area contributed by atoms with Crippen molar-refractivity contribution in [3.05, 3.63) is 98.8 Å². The molecule has 1 saturated heterocycles. The maximum Gasteiger partial charge on any atom is 0.414 e. The quantitative estimate of drug-likeness (QED) is 0.343. The summed E-state index contributed by atoms with van der Waals surface area (Å²) in [6.45, 7) is 2.18. The van der Waals surface area contributed by atoms with Crippen LogP contribution in [0.1, 0.15) is 47.4 Å². The van der Waals surface area contributed by atoms with Crippen molar-refractivity contribution in [1.82, 2.24) is 10.2 Å². The first-order chi connectivity index (χ1) is 19.7. The summed E-state index contributed by atoms with van der Waals surface area (Å²) in [5.41, 5.74) is 2.68. The smallest absolute Gasteiger partial charge is 0.414 e. The van der Waals surface area contributed by atoms with Gasteiger partial charge in [-0.25, -0.2) is 9.18 Å². The van der Waals surface area contributed by atoms with Crippen molar-refractivity contribution in [3.63, 3.8) is 0 Å². The second-order valence-electron chi connectivity index (χ2n) is 10.5. The van der Waals surface area contributed by atoms with Crippen LogP contribution in [0.25, 0.3) is 0 Å². The summed E-state index contributed by atoms with van der Waals surface area (Å²) >= 11 is 12.4. The van der Waals surface area contributed by atoms with E-state index in [2.05, 4.69) is 16.3 Å². The fourth-order valence-corrected chi connectivity index (χ4v) is 5.87. The molecule has 1 spiro atoms. The molecule has 7 nitrogen and oxygen atoms in total. The highest BCUT2D eigenvalue weighted by Gasteiger charge is 2.46. The van der Waals surface area contributed by atoms with E-state index >= 15 is 0 Å². The molecule has 0 aromatic heterocycles. The van der Waals surface area contributed by atoms with E-state index in [1.54, 1.807) is 37.4 Å². The van der Waals surface area contributed by atoms with Crippen molar-refractivity contribution in [3.8, 4) is 6.07 Å². The molecule has 3 aromatic carbocycles. The molecule has 212 valence electrons. The van der Waals surface area contributed by atoms with Crippen LogP contribution in [0, 0.1) is 17.1 Å². The number of nitrogens with one attached hydrogen (secondary N) is 1. The Hall–Kier alpha value is -3.64. The summed E-state index contributed by atoms with van der Waals surface area (Å²) < 4.78 is 20.1. The number of fused-ring (bicyclic) bond motifs is 2. The maximum absolute atomic E-state index is 14.2. The third kappa shape index (κ3) is 6.18. The molecule has 1 unspecified atom stereocenters. The minimum Gasteiger partial charge on any atom is -0.437 e. The molecule has 2 amide bonds. The lowest BCUT2D eigenvalue weighted by molar-refractivity contribution is -0.123. The lowest BCUT2D eigenvalue weighted by Crippen LogP contribution is -2.51. The summed E-state index contributed by atoms with van der Waals surface area (Å²) in [7, 11) is 1.62. The zero-order valence-corrected chi connectivity index (χ0v) is 24.0. The van der Waals surface area contributed by atoms with Gasteiger partial charge in [-0.05, 0) is 66.6 Å². The predicted octanol–water partition coefficient (Wildman–Crippen LogP) is 6.37. The number of rotatable bonds is 7. The number of hydrogen-bond donors (Lipinski definition) is 1. The van der Waals surface area contributed by atoms with E-state index in [0.29, 0.717) is 72.3 Å². The normalized spacial score (nSPS) is 17.0. The average Bonchev–Trinajstić information content (AvgIpc) is 2.98. The topological polar surface area (TPSA) is 85.7 Å². The van der Waals surface area contributed by atoms with Crippen LogP contribution in [0.3, 0.4) is 0 Å². The summed E-state index contributed by atoms with van der Waals surface area (Å²) in [5, 5.41) is 12.8. The van der Waals surface area contributed by atoms with Gasteiger partial charge in [0.15, 0.2) is 0 Å². The number of anilines is 1. The molecule has 2 heterocycles. The largest absolute Gasteiger partial charge is 0.437 e.